The first-order chi connectivity index (χ1) is 30.2. The van der Waals surface area contributed by atoms with E-state index in [0.717, 1.165) is 45.6 Å². The molecule has 15 heteroatoms. The van der Waals surface area contributed by atoms with Gasteiger partial charge in [0.15, 0.2) is 0 Å². The summed E-state index contributed by atoms with van der Waals surface area (Å²) in [4.78, 5) is 41.1. The maximum absolute atomic E-state index is 15.9. The van der Waals surface area contributed by atoms with Gasteiger partial charge in [0.2, 0.25) is 0 Å². The van der Waals surface area contributed by atoms with Gasteiger partial charge < -0.3 is 19.9 Å². The minimum Gasteiger partial charge on any atom is -0.402 e. The van der Waals surface area contributed by atoms with Crippen LogP contribution in [0, 0.1) is 32.4 Å². The zero-order chi connectivity index (χ0) is 44.7. The third kappa shape index (κ3) is 8.27. The Morgan fingerprint density at radius 2 is 1.73 bits per heavy atom. The van der Waals surface area contributed by atoms with Crippen LogP contribution in [-0.2, 0) is 21.0 Å². The number of nitrogens with zero attached hydrogens (tertiary/aromatic N) is 7. The molecule has 3 aromatic carbocycles. The highest BCUT2D eigenvalue weighted by molar-refractivity contribution is 7.93. The highest BCUT2D eigenvalue weighted by atomic mass is 32.2. The van der Waals surface area contributed by atoms with Crippen molar-refractivity contribution in [1.82, 2.24) is 23.6 Å². The lowest BCUT2D eigenvalue weighted by atomic mass is 9.91. The predicted octanol–water partition coefficient (Wildman–Crippen LogP) is 8.34. The van der Waals surface area contributed by atoms with Gasteiger partial charge in [-0.1, -0.05) is 19.1 Å². The number of rotatable bonds is 9. The van der Waals surface area contributed by atoms with E-state index in [1.807, 2.05) is 42.8 Å². The van der Waals surface area contributed by atoms with Gasteiger partial charge in [-0.15, -0.1) is 0 Å². The number of ether oxygens (including phenoxy) is 1. The molecular weight excluding hydrogens is 823 g/mol. The number of aromatic nitrogens is 4. The molecular formula is C48H52F2N8O4S. The molecule has 12 nitrogen and oxygen atoms in total. The van der Waals surface area contributed by atoms with Crippen LogP contribution in [-0.4, -0.2) is 78.1 Å². The van der Waals surface area contributed by atoms with Crippen LogP contribution in [0.25, 0.3) is 16.6 Å². The molecule has 5 heterocycles. The van der Waals surface area contributed by atoms with Crippen molar-refractivity contribution >= 4 is 38.1 Å². The second kappa shape index (κ2) is 17.5. The molecule has 0 bridgehead atoms. The molecule has 0 radical (unpaired) electrons. The highest BCUT2D eigenvalue weighted by Crippen LogP contribution is 2.34. The van der Waals surface area contributed by atoms with Crippen molar-refractivity contribution in [3.63, 3.8) is 0 Å². The number of pyridine rings is 1. The summed E-state index contributed by atoms with van der Waals surface area (Å²) in [6.45, 7) is 10.9. The third-order valence-electron chi connectivity index (χ3n) is 12.4. The van der Waals surface area contributed by atoms with Crippen LogP contribution in [0.1, 0.15) is 77.5 Å². The molecule has 1 fully saturated rings. The Morgan fingerprint density at radius 1 is 0.984 bits per heavy atom. The fraction of sp³-hybridized carbons (Fsp3) is 0.333. The summed E-state index contributed by atoms with van der Waals surface area (Å²) in [5.41, 5.74) is 12.5. The van der Waals surface area contributed by atoms with E-state index in [-0.39, 0.29) is 46.9 Å². The van der Waals surface area contributed by atoms with Crippen LogP contribution in [0.4, 0.5) is 14.5 Å². The predicted molar refractivity (Wildman–Crippen MR) is 243 cm³/mol. The van der Waals surface area contributed by atoms with Gasteiger partial charge in [0.25, 0.3) is 5.91 Å². The molecule has 3 aromatic heterocycles. The number of halogens is 2. The number of hydrogen-bond acceptors (Lipinski definition) is 8. The number of imidazole rings is 1. The smallest absolute Gasteiger partial charge is 0.338 e. The van der Waals surface area contributed by atoms with Crippen LogP contribution < -0.4 is 11.4 Å². The Balaban J connectivity index is 1.22. The van der Waals surface area contributed by atoms with Crippen LogP contribution in [0.5, 0.6) is 0 Å². The van der Waals surface area contributed by atoms with Crippen molar-refractivity contribution < 1.29 is 22.5 Å². The molecule has 2 N–H and O–H groups in total. The van der Waals surface area contributed by atoms with Crippen molar-refractivity contribution in [2.75, 3.05) is 32.6 Å². The van der Waals surface area contributed by atoms with Crippen molar-refractivity contribution in [2.24, 2.45) is 15.1 Å². The first kappa shape index (κ1) is 43.5. The SMILES string of the molecule is CC[S@](=O)(=NC)c1ccc(-n2ccn(C(=Nc3cc(C)c(F)c(C)c3)C3=C(N)CCN(C(=O)c4cc5cc(C6CCOCC6)ccc5n4Cc4ccc(C)nc4)[C@H]3C)c2=O)c(F)c1. The van der Waals surface area contributed by atoms with Gasteiger partial charge in [-0.3, -0.25) is 18.9 Å². The van der Waals surface area contributed by atoms with Gasteiger partial charge in [-0.05, 0) is 123 Å². The number of benzene rings is 3. The number of amides is 1. The summed E-state index contributed by atoms with van der Waals surface area (Å²) in [5.74, 6) is -0.716. The zero-order valence-electron chi connectivity index (χ0n) is 36.4. The Bertz CT molecular complexity index is 2980. The number of fused-ring (bicyclic) bond motifs is 1. The molecule has 0 saturated carbocycles. The first-order valence-corrected chi connectivity index (χ1v) is 22.9. The summed E-state index contributed by atoms with van der Waals surface area (Å²) in [6, 6.07) is 18.8. The Hall–Kier alpha value is -6.19. The zero-order valence-corrected chi connectivity index (χ0v) is 37.2. The molecule has 1 saturated heterocycles. The topological polar surface area (TPSA) is 142 Å². The molecule has 1 amide bonds. The number of carbonyl (C=O) groups is 1. The number of carbonyl (C=O) groups excluding carboxylic acids is 1. The van der Waals surface area contributed by atoms with Crippen molar-refractivity contribution in [1.29, 1.82) is 0 Å². The van der Waals surface area contributed by atoms with E-state index in [1.54, 1.807) is 37.8 Å². The number of hydrogen-bond donors (Lipinski definition) is 1. The Morgan fingerprint density at radius 3 is 2.40 bits per heavy atom. The minimum absolute atomic E-state index is 0.0729. The highest BCUT2D eigenvalue weighted by Gasteiger charge is 2.35. The number of nitrogens with two attached hydrogens (primary N) is 1. The average Bonchev–Trinajstić information content (AvgIpc) is 3.84. The quantitative estimate of drug-likeness (QED) is 0.114. The summed E-state index contributed by atoms with van der Waals surface area (Å²) >= 11 is 0. The lowest BCUT2D eigenvalue weighted by Crippen LogP contribution is -2.48. The van der Waals surface area contributed by atoms with Crippen molar-refractivity contribution in [3.8, 4) is 5.69 Å². The van der Waals surface area contributed by atoms with Crippen molar-refractivity contribution in [3.05, 3.63) is 152 Å². The average molecular weight is 875 g/mol. The van der Waals surface area contributed by atoms with Crippen molar-refractivity contribution in [2.45, 2.75) is 77.3 Å². The second-order valence-electron chi connectivity index (χ2n) is 16.4. The molecule has 0 unspecified atom stereocenters. The first-order valence-electron chi connectivity index (χ1n) is 21.2. The minimum atomic E-state index is -2.84. The lowest BCUT2D eigenvalue weighted by molar-refractivity contribution is 0.0700. The van der Waals surface area contributed by atoms with Gasteiger partial charge in [-0.2, -0.15) is 0 Å². The van der Waals surface area contributed by atoms with E-state index >= 15 is 9.18 Å². The fourth-order valence-electron chi connectivity index (χ4n) is 8.80. The summed E-state index contributed by atoms with van der Waals surface area (Å²) < 4.78 is 58.1. The van der Waals surface area contributed by atoms with Gasteiger partial charge in [0.05, 0.1) is 32.0 Å². The van der Waals surface area contributed by atoms with E-state index in [4.69, 9.17) is 15.5 Å². The van der Waals surface area contributed by atoms with Crippen LogP contribution in [0.2, 0.25) is 0 Å². The van der Waals surface area contributed by atoms with E-state index < -0.39 is 27.3 Å². The maximum atomic E-state index is 15.9. The normalized spacial score (nSPS) is 17.4. The second-order valence-corrected chi connectivity index (χ2v) is 19.1. The third-order valence-corrected chi connectivity index (χ3v) is 14.8. The van der Waals surface area contributed by atoms with E-state index in [9.17, 15) is 13.4 Å². The monoisotopic (exact) mass is 874 g/mol. The van der Waals surface area contributed by atoms with Crippen LogP contribution in [0.3, 0.4) is 0 Å². The summed E-state index contributed by atoms with van der Waals surface area (Å²) in [5, 5.41) is 0.945. The summed E-state index contributed by atoms with van der Waals surface area (Å²) in [7, 11) is -1.40. The summed E-state index contributed by atoms with van der Waals surface area (Å²) in [6.07, 6.45) is 6.84. The standard InChI is InChI=1S/C48H52F2N8O4S/c1-7-63(61,52-6)38-11-13-42(39(49)26-38)56-18-19-57(48(56)60)46(54-37-22-29(2)45(50)30(3)23-37)44-32(5)55(17-14-40(44)51)47(59)43-25-36-24-35(34-15-20-62-21-16-34)10-12-41(36)58(43)28-33-9-8-31(4)53-27-33/h8-13,18-19,22-27,32,34H,7,14-17,20-21,28,51H2,1-6H3/t32-,63+/m0/s1. The van der Waals surface area contributed by atoms with E-state index in [2.05, 4.69) is 27.5 Å². The molecule has 8 rings (SSSR count). The molecule has 0 spiro atoms. The maximum Gasteiger partial charge on any atom is 0.338 e. The molecule has 0 aliphatic carbocycles. The van der Waals surface area contributed by atoms with E-state index in [1.165, 1.54) is 41.7 Å². The molecule has 6 aromatic rings. The molecule has 2 aliphatic rings. The van der Waals surface area contributed by atoms with Gasteiger partial charge >= 0.3 is 5.69 Å². The lowest BCUT2D eigenvalue weighted by Gasteiger charge is -2.36. The molecule has 2 atom stereocenters. The Kier molecular flexibility index (Phi) is 12.1. The van der Waals surface area contributed by atoms with Crippen LogP contribution >= 0.6 is 0 Å². The van der Waals surface area contributed by atoms with Gasteiger partial charge in [-0.25, -0.2) is 27.1 Å². The van der Waals surface area contributed by atoms with Gasteiger partial charge in [0, 0.05) is 92.0 Å². The molecule has 328 valence electrons. The number of aryl methyl sites for hydroxylation is 3. The van der Waals surface area contributed by atoms with E-state index in [0.29, 0.717) is 59.5 Å². The molecule has 63 heavy (non-hydrogen) atoms. The fourth-order valence-corrected chi connectivity index (χ4v) is 10.2. The Labute approximate surface area is 365 Å². The molecule has 2 aliphatic heterocycles. The van der Waals surface area contributed by atoms with Crippen LogP contribution in [0.15, 0.2) is 116 Å². The number of aliphatic imine (C=N–C) groups is 1. The van der Waals surface area contributed by atoms with Gasteiger partial charge in [0.1, 0.15) is 23.2 Å². The largest absolute Gasteiger partial charge is 0.402 e.